The second-order valence-electron chi connectivity index (χ2n) is 4.75. The van der Waals surface area contributed by atoms with Crippen molar-refractivity contribution in [2.24, 2.45) is 11.7 Å². The number of amides is 1. The number of aromatic carboxylic acids is 1. The molecule has 0 saturated heterocycles. The molecule has 1 aromatic carbocycles. The van der Waals surface area contributed by atoms with Crippen LogP contribution in [0.5, 0.6) is 0 Å². The van der Waals surface area contributed by atoms with E-state index < -0.39 is 5.97 Å². The van der Waals surface area contributed by atoms with Crippen molar-refractivity contribution in [3.8, 4) is 0 Å². The molecule has 0 aromatic heterocycles. The molecule has 0 bridgehead atoms. The second kappa shape index (κ2) is 5.87. The van der Waals surface area contributed by atoms with Gasteiger partial charge >= 0.3 is 5.97 Å². The summed E-state index contributed by atoms with van der Waals surface area (Å²) >= 11 is 2.04. The van der Waals surface area contributed by atoms with E-state index in [4.69, 9.17) is 10.8 Å². The molecule has 4 N–H and O–H groups in total. The van der Waals surface area contributed by atoms with Crippen molar-refractivity contribution in [3.05, 3.63) is 27.3 Å². The van der Waals surface area contributed by atoms with Gasteiger partial charge in [0.15, 0.2) is 0 Å². The molecule has 2 atom stereocenters. The number of carbonyl (C=O) groups excluding carboxylic acids is 1. The maximum Gasteiger partial charge on any atom is 0.337 e. The van der Waals surface area contributed by atoms with Gasteiger partial charge in [0.25, 0.3) is 0 Å². The van der Waals surface area contributed by atoms with Gasteiger partial charge in [-0.3, -0.25) is 4.79 Å². The molecule has 1 fully saturated rings. The summed E-state index contributed by atoms with van der Waals surface area (Å²) in [5, 5.41) is 11.8. The number of rotatable bonds is 3. The number of hydrogen-bond acceptors (Lipinski definition) is 3. The third kappa shape index (κ3) is 3.44. The maximum atomic E-state index is 12.1. The van der Waals surface area contributed by atoms with Gasteiger partial charge in [-0.25, -0.2) is 4.79 Å². The van der Waals surface area contributed by atoms with E-state index in [1.54, 1.807) is 18.2 Å². The van der Waals surface area contributed by atoms with E-state index in [1.165, 1.54) is 0 Å². The summed E-state index contributed by atoms with van der Waals surface area (Å²) in [4.78, 5) is 23.2. The van der Waals surface area contributed by atoms with Gasteiger partial charge in [0.1, 0.15) is 0 Å². The van der Waals surface area contributed by atoms with Gasteiger partial charge in [0, 0.05) is 15.5 Å². The van der Waals surface area contributed by atoms with E-state index >= 15 is 0 Å². The second-order valence-corrected chi connectivity index (χ2v) is 6.00. The predicted molar refractivity (Wildman–Crippen MR) is 80.1 cm³/mol. The Morgan fingerprint density at radius 2 is 2.11 bits per heavy atom. The number of anilines is 1. The van der Waals surface area contributed by atoms with Crippen molar-refractivity contribution in [1.29, 1.82) is 0 Å². The Morgan fingerprint density at radius 3 is 2.68 bits per heavy atom. The Hall–Kier alpha value is -1.15. The van der Waals surface area contributed by atoms with Crippen LogP contribution in [0.1, 0.15) is 29.6 Å². The highest BCUT2D eigenvalue weighted by Gasteiger charge is 2.28. The first-order valence-electron chi connectivity index (χ1n) is 6.06. The summed E-state index contributed by atoms with van der Waals surface area (Å²) in [5.74, 6) is -1.30. The van der Waals surface area contributed by atoms with Crippen LogP contribution in [0.2, 0.25) is 0 Å². The average molecular weight is 374 g/mol. The molecule has 0 heterocycles. The molecular weight excluding hydrogens is 359 g/mol. The monoisotopic (exact) mass is 374 g/mol. The lowest BCUT2D eigenvalue weighted by molar-refractivity contribution is -0.119. The number of carboxylic acids is 1. The fourth-order valence-corrected chi connectivity index (χ4v) is 2.78. The SMILES string of the molecule is NC1CCC(C(=O)Nc2ccc(I)cc2C(=O)O)C1. The van der Waals surface area contributed by atoms with Crippen LogP contribution >= 0.6 is 22.6 Å². The van der Waals surface area contributed by atoms with Gasteiger partial charge < -0.3 is 16.2 Å². The minimum Gasteiger partial charge on any atom is -0.478 e. The van der Waals surface area contributed by atoms with Crippen LogP contribution in [0.25, 0.3) is 0 Å². The Balaban J connectivity index is 2.14. The van der Waals surface area contributed by atoms with Crippen molar-refractivity contribution in [2.45, 2.75) is 25.3 Å². The molecule has 1 saturated carbocycles. The lowest BCUT2D eigenvalue weighted by Gasteiger charge is -2.13. The van der Waals surface area contributed by atoms with Gasteiger partial charge in [-0.2, -0.15) is 0 Å². The number of hydrogen-bond donors (Lipinski definition) is 3. The number of carboxylic acid groups (broad SMARTS) is 1. The topological polar surface area (TPSA) is 92.4 Å². The largest absolute Gasteiger partial charge is 0.478 e. The third-order valence-corrected chi connectivity index (χ3v) is 3.98. The third-order valence-electron chi connectivity index (χ3n) is 3.31. The van der Waals surface area contributed by atoms with Crippen molar-refractivity contribution >= 4 is 40.2 Å². The highest BCUT2D eigenvalue weighted by atomic mass is 127. The molecular formula is C13H15IN2O3. The first-order valence-corrected chi connectivity index (χ1v) is 7.14. The van der Waals surface area contributed by atoms with Gasteiger partial charge in [-0.15, -0.1) is 0 Å². The van der Waals surface area contributed by atoms with Crippen LogP contribution < -0.4 is 11.1 Å². The van der Waals surface area contributed by atoms with Crippen LogP contribution in [0, 0.1) is 9.49 Å². The Morgan fingerprint density at radius 1 is 1.37 bits per heavy atom. The van der Waals surface area contributed by atoms with Gasteiger partial charge in [-0.05, 0) is 60.1 Å². The number of nitrogens with two attached hydrogens (primary N) is 1. The molecule has 2 unspecified atom stereocenters. The maximum absolute atomic E-state index is 12.1. The van der Waals surface area contributed by atoms with Crippen LogP contribution in [0.15, 0.2) is 18.2 Å². The fraction of sp³-hybridized carbons (Fsp3) is 0.385. The van der Waals surface area contributed by atoms with Gasteiger partial charge in [0.05, 0.1) is 11.3 Å². The molecule has 1 amide bonds. The Kier molecular flexibility index (Phi) is 4.41. The summed E-state index contributed by atoms with van der Waals surface area (Å²) < 4.78 is 0.816. The van der Waals surface area contributed by atoms with Gasteiger partial charge in [-0.1, -0.05) is 0 Å². The zero-order valence-corrected chi connectivity index (χ0v) is 12.4. The molecule has 0 radical (unpaired) electrons. The molecule has 1 aromatic rings. The predicted octanol–water partition coefficient (Wildman–Crippen LogP) is 2.06. The minimum atomic E-state index is -1.04. The van der Waals surface area contributed by atoms with E-state index in [9.17, 15) is 9.59 Å². The van der Waals surface area contributed by atoms with E-state index in [-0.39, 0.29) is 23.4 Å². The highest BCUT2D eigenvalue weighted by molar-refractivity contribution is 14.1. The normalized spacial score (nSPS) is 22.2. The van der Waals surface area contributed by atoms with Gasteiger partial charge in [0.2, 0.25) is 5.91 Å². The summed E-state index contributed by atoms with van der Waals surface area (Å²) in [7, 11) is 0. The molecule has 0 spiro atoms. The van der Waals surface area contributed by atoms with Crippen molar-refractivity contribution in [3.63, 3.8) is 0 Å². The summed E-state index contributed by atoms with van der Waals surface area (Å²) in [6, 6.07) is 5.01. The number of halogens is 1. The number of nitrogens with one attached hydrogen (secondary N) is 1. The molecule has 6 heteroatoms. The van der Waals surface area contributed by atoms with Crippen LogP contribution in [0.4, 0.5) is 5.69 Å². The zero-order chi connectivity index (χ0) is 14.0. The molecule has 19 heavy (non-hydrogen) atoms. The van der Waals surface area contributed by atoms with E-state index in [0.717, 1.165) is 16.4 Å². The molecule has 1 aliphatic carbocycles. The van der Waals surface area contributed by atoms with Crippen molar-refractivity contribution < 1.29 is 14.7 Å². The van der Waals surface area contributed by atoms with Crippen molar-refractivity contribution in [1.82, 2.24) is 0 Å². The lowest BCUT2D eigenvalue weighted by Crippen LogP contribution is -2.24. The van der Waals surface area contributed by atoms with Crippen LogP contribution in [0.3, 0.4) is 0 Å². The standard InChI is InChI=1S/C13H15IN2O3/c14-8-2-4-11(10(6-8)13(18)19)16-12(17)7-1-3-9(15)5-7/h2,4,6-7,9H,1,3,5,15H2,(H,16,17)(H,18,19). The van der Waals surface area contributed by atoms with Crippen LogP contribution in [-0.4, -0.2) is 23.0 Å². The highest BCUT2D eigenvalue weighted by Crippen LogP contribution is 2.26. The average Bonchev–Trinajstić information content (AvgIpc) is 2.78. The van der Waals surface area contributed by atoms with E-state index in [2.05, 4.69) is 5.32 Å². The van der Waals surface area contributed by atoms with Crippen molar-refractivity contribution in [2.75, 3.05) is 5.32 Å². The smallest absolute Gasteiger partial charge is 0.337 e. The Labute approximate surface area is 124 Å². The zero-order valence-electron chi connectivity index (χ0n) is 10.2. The fourth-order valence-electron chi connectivity index (χ4n) is 2.29. The molecule has 2 rings (SSSR count). The van der Waals surface area contributed by atoms with E-state index in [0.29, 0.717) is 12.1 Å². The quantitative estimate of drug-likeness (QED) is 0.707. The summed E-state index contributed by atoms with van der Waals surface area (Å²) in [5.41, 5.74) is 6.24. The molecule has 102 valence electrons. The first kappa shape index (κ1) is 14.3. The number of benzene rings is 1. The summed E-state index contributed by atoms with van der Waals surface area (Å²) in [6.45, 7) is 0. The molecule has 1 aliphatic rings. The van der Waals surface area contributed by atoms with Crippen LogP contribution in [-0.2, 0) is 4.79 Å². The van der Waals surface area contributed by atoms with E-state index in [1.807, 2.05) is 22.6 Å². The number of carbonyl (C=O) groups is 2. The summed E-state index contributed by atoms with van der Waals surface area (Å²) in [6.07, 6.45) is 2.27. The minimum absolute atomic E-state index is 0.0754. The first-order chi connectivity index (χ1) is 8.97. The Bertz CT molecular complexity index is 519. The molecule has 5 nitrogen and oxygen atoms in total. The lowest BCUT2D eigenvalue weighted by atomic mass is 10.1. The molecule has 0 aliphatic heterocycles.